The summed E-state index contributed by atoms with van der Waals surface area (Å²) in [5, 5.41) is 1.18. The third-order valence-corrected chi connectivity index (χ3v) is 4.23. The first-order valence-electron chi connectivity index (χ1n) is 6.26. The van der Waals surface area contributed by atoms with Crippen molar-refractivity contribution >= 4 is 27.7 Å². The summed E-state index contributed by atoms with van der Waals surface area (Å²) in [5.74, 6) is 1.34. The molecular formula is C13H27BrS. The number of rotatable bonds is 9. The number of hydrogen-bond acceptors (Lipinski definition) is 1. The van der Waals surface area contributed by atoms with E-state index in [4.69, 9.17) is 0 Å². The Balaban J connectivity index is 2.99. The van der Waals surface area contributed by atoms with Gasteiger partial charge in [0.1, 0.15) is 0 Å². The third-order valence-electron chi connectivity index (χ3n) is 2.31. The maximum Gasteiger partial charge on any atom is 0.00750 e. The van der Waals surface area contributed by atoms with Crippen LogP contribution in [0, 0.1) is 0 Å². The quantitative estimate of drug-likeness (QED) is 0.391. The maximum atomic E-state index is 3.47. The number of halogens is 1. The zero-order valence-electron chi connectivity index (χ0n) is 10.7. The Bertz CT molecular complexity index is 129. The summed E-state index contributed by atoms with van der Waals surface area (Å²) >= 11 is 5.57. The lowest BCUT2D eigenvalue weighted by atomic mass is 10.1. The lowest BCUT2D eigenvalue weighted by Gasteiger charge is -2.17. The molecule has 0 aromatic carbocycles. The van der Waals surface area contributed by atoms with Crippen LogP contribution in [0.3, 0.4) is 0 Å². The predicted octanol–water partition coefficient (Wildman–Crippen LogP) is 5.64. The van der Waals surface area contributed by atoms with Gasteiger partial charge in [0.15, 0.2) is 0 Å². The average Bonchev–Trinajstić information content (AvgIpc) is 2.14. The molecule has 0 nitrogen and oxygen atoms in total. The minimum Gasteiger partial charge on any atom is -0.156 e. The van der Waals surface area contributed by atoms with E-state index in [1.54, 1.807) is 0 Å². The fraction of sp³-hybridized carbons (Fsp3) is 1.00. The molecule has 0 saturated heterocycles. The topological polar surface area (TPSA) is 0 Å². The minimum atomic E-state index is 0.454. The van der Waals surface area contributed by atoms with Gasteiger partial charge in [-0.15, -0.1) is 0 Å². The lowest BCUT2D eigenvalue weighted by molar-refractivity contribution is 0.605. The van der Waals surface area contributed by atoms with Gasteiger partial charge in [-0.2, -0.15) is 11.8 Å². The van der Waals surface area contributed by atoms with Gasteiger partial charge in [0.25, 0.3) is 0 Å². The van der Waals surface area contributed by atoms with Crippen LogP contribution in [0.1, 0.15) is 65.7 Å². The summed E-state index contributed by atoms with van der Waals surface area (Å²) in [6.07, 6.45) is 9.89. The van der Waals surface area contributed by atoms with Gasteiger partial charge in [-0.1, -0.05) is 68.8 Å². The second-order valence-corrected chi connectivity index (χ2v) is 7.84. The summed E-state index contributed by atoms with van der Waals surface area (Å²) < 4.78 is 0.454. The fourth-order valence-electron chi connectivity index (χ4n) is 1.46. The van der Waals surface area contributed by atoms with Crippen LogP contribution >= 0.6 is 27.7 Å². The highest BCUT2D eigenvalue weighted by Crippen LogP contribution is 2.24. The van der Waals surface area contributed by atoms with Crippen LogP contribution in [0.4, 0.5) is 0 Å². The zero-order chi connectivity index (χ0) is 11.6. The first-order chi connectivity index (χ1) is 7.06. The number of hydrogen-bond donors (Lipinski definition) is 0. The van der Waals surface area contributed by atoms with Gasteiger partial charge in [0, 0.05) is 10.1 Å². The van der Waals surface area contributed by atoms with Crippen molar-refractivity contribution in [3.05, 3.63) is 0 Å². The molecule has 0 aromatic heterocycles. The van der Waals surface area contributed by atoms with Crippen LogP contribution in [0.15, 0.2) is 0 Å². The van der Waals surface area contributed by atoms with Crippen LogP contribution in [0.2, 0.25) is 0 Å². The molecule has 0 N–H and O–H groups in total. The van der Waals surface area contributed by atoms with Gasteiger partial charge >= 0.3 is 0 Å². The van der Waals surface area contributed by atoms with Crippen LogP contribution in [0.25, 0.3) is 0 Å². The molecule has 0 bridgehead atoms. The molecule has 0 radical (unpaired) electrons. The molecule has 0 aliphatic heterocycles. The number of unbranched alkanes of at least 4 members (excludes halogenated alkanes) is 6. The molecule has 2 heteroatoms. The van der Waals surface area contributed by atoms with E-state index in [0.717, 1.165) is 0 Å². The van der Waals surface area contributed by atoms with E-state index in [9.17, 15) is 0 Å². The molecule has 0 unspecified atom stereocenters. The predicted molar refractivity (Wildman–Crippen MR) is 78.3 cm³/mol. The number of thioether (sulfide) groups is 1. The van der Waals surface area contributed by atoms with Crippen molar-refractivity contribution in [3.8, 4) is 0 Å². The minimum absolute atomic E-state index is 0.454. The third kappa shape index (κ3) is 14.8. The highest BCUT2D eigenvalue weighted by atomic mass is 79.9. The molecule has 0 saturated carbocycles. The molecule has 0 atom stereocenters. The van der Waals surface area contributed by atoms with Crippen molar-refractivity contribution in [2.45, 2.75) is 70.5 Å². The van der Waals surface area contributed by atoms with E-state index < -0.39 is 0 Å². The van der Waals surface area contributed by atoms with E-state index in [-0.39, 0.29) is 0 Å². The maximum absolute atomic E-state index is 3.47. The van der Waals surface area contributed by atoms with Crippen molar-refractivity contribution < 1.29 is 0 Å². The summed E-state index contributed by atoms with van der Waals surface area (Å²) in [5.41, 5.74) is 0. The summed E-state index contributed by atoms with van der Waals surface area (Å²) in [7, 11) is 0. The van der Waals surface area contributed by atoms with Gasteiger partial charge < -0.3 is 0 Å². The van der Waals surface area contributed by atoms with Crippen LogP contribution < -0.4 is 0 Å². The second-order valence-electron chi connectivity index (χ2n) is 5.12. The molecule has 92 valence electrons. The molecule has 0 spiro atoms. The van der Waals surface area contributed by atoms with Crippen LogP contribution in [-0.4, -0.2) is 15.8 Å². The Hall–Kier alpha value is 0.830. The van der Waals surface area contributed by atoms with Crippen LogP contribution in [-0.2, 0) is 0 Å². The Labute approximate surface area is 109 Å². The van der Waals surface area contributed by atoms with Crippen molar-refractivity contribution in [3.63, 3.8) is 0 Å². The van der Waals surface area contributed by atoms with Crippen LogP contribution in [0.5, 0.6) is 0 Å². The van der Waals surface area contributed by atoms with Crippen molar-refractivity contribution in [1.29, 1.82) is 0 Å². The summed E-state index contributed by atoms with van der Waals surface area (Å²) in [4.78, 5) is 0. The molecule has 0 aliphatic carbocycles. The van der Waals surface area contributed by atoms with Crippen molar-refractivity contribution in [2.75, 3.05) is 11.1 Å². The average molecular weight is 295 g/mol. The van der Waals surface area contributed by atoms with Gasteiger partial charge in [0.2, 0.25) is 0 Å². The summed E-state index contributed by atoms with van der Waals surface area (Å²) in [6, 6.07) is 0. The second kappa shape index (κ2) is 10.0. The molecule has 0 amide bonds. The molecule has 0 heterocycles. The smallest absolute Gasteiger partial charge is 0.00750 e. The van der Waals surface area contributed by atoms with Crippen molar-refractivity contribution in [1.82, 2.24) is 0 Å². The molecule has 0 aliphatic rings. The van der Waals surface area contributed by atoms with E-state index in [2.05, 4.69) is 48.5 Å². The molecular weight excluding hydrogens is 268 g/mol. The summed E-state index contributed by atoms with van der Waals surface area (Å²) in [6.45, 7) is 6.91. The Morgan fingerprint density at radius 1 is 0.800 bits per heavy atom. The molecule has 0 aromatic rings. The SMILES string of the molecule is CC(C)(C)SCCCCCCCCCBr. The largest absolute Gasteiger partial charge is 0.156 e. The number of alkyl halides is 1. The lowest BCUT2D eigenvalue weighted by Crippen LogP contribution is -2.08. The highest BCUT2D eigenvalue weighted by molar-refractivity contribution is 9.09. The Kier molecular flexibility index (Phi) is 10.6. The fourth-order valence-corrected chi connectivity index (χ4v) is 2.82. The Morgan fingerprint density at radius 3 is 1.73 bits per heavy atom. The zero-order valence-corrected chi connectivity index (χ0v) is 13.1. The van der Waals surface area contributed by atoms with E-state index in [1.807, 2.05) is 0 Å². The van der Waals surface area contributed by atoms with E-state index >= 15 is 0 Å². The Morgan fingerprint density at radius 2 is 1.27 bits per heavy atom. The van der Waals surface area contributed by atoms with Gasteiger partial charge in [-0.3, -0.25) is 0 Å². The first-order valence-corrected chi connectivity index (χ1v) is 8.37. The van der Waals surface area contributed by atoms with E-state index in [1.165, 1.54) is 56.0 Å². The molecule has 15 heavy (non-hydrogen) atoms. The van der Waals surface area contributed by atoms with Gasteiger partial charge in [0.05, 0.1) is 0 Å². The molecule has 0 fully saturated rings. The molecule has 0 rings (SSSR count). The monoisotopic (exact) mass is 294 g/mol. The first kappa shape index (κ1) is 15.8. The van der Waals surface area contributed by atoms with Gasteiger partial charge in [-0.25, -0.2) is 0 Å². The van der Waals surface area contributed by atoms with Crippen molar-refractivity contribution in [2.24, 2.45) is 0 Å². The van der Waals surface area contributed by atoms with Gasteiger partial charge in [-0.05, 0) is 18.6 Å². The normalized spacial score (nSPS) is 12.0. The highest BCUT2D eigenvalue weighted by Gasteiger charge is 2.08. The standard InChI is InChI=1S/C13H27BrS/c1-13(2,3)15-12-10-8-6-4-5-7-9-11-14/h4-12H2,1-3H3. The van der Waals surface area contributed by atoms with E-state index in [0.29, 0.717) is 4.75 Å².